The Hall–Kier alpha value is -4.20. The number of hydrazone groups is 2. The van der Waals surface area contributed by atoms with Gasteiger partial charge in [-0.15, -0.1) is 0 Å². The summed E-state index contributed by atoms with van der Waals surface area (Å²) in [7, 11) is 0. The maximum absolute atomic E-state index is 13.6. The first-order valence-corrected chi connectivity index (χ1v) is 8.80. The van der Waals surface area contributed by atoms with E-state index in [1.807, 2.05) is 0 Å². The minimum Gasteiger partial charge on any atom is -0.267 e. The molecule has 3 aromatic carbocycles. The smallest absolute Gasteiger partial charge is 0.267 e. The molecule has 0 radical (unpaired) electrons. The van der Waals surface area contributed by atoms with E-state index in [1.165, 1.54) is 48.8 Å². The van der Waals surface area contributed by atoms with E-state index in [-0.39, 0.29) is 11.1 Å². The number of halogens is 2. The first-order chi connectivity index (χ1) is 14.5. The van der Waals surface area contributed by atoms with Crippen LogP contribution in [-0.2, 0) is 0 Å². The molecule has 0 heterocycles. The SMILES string of the molecule is O=C(N/N=C\c1cccc(/C=N\NC(=O)c2ccccc2F)c1)c1ccccc1F. The second kappa shape index (κ2) is 9.83. The van der Waals surface area contributed by atoms with Gasteiger partial charge in [0, 0.05) is 0 Å². The summed E-state index contributed by atoms with van der Waals surface area (Å²) in [6.07, 6.45) is 2.77. The van der Waals surface area contributed by atoms with Crippen molar-refractivity contribution in [3.05, 3.63) is 107 Å². The zero-order chi connectivity index (χ0) is 21.3. The van der Waals surface area contributed by atoms with E-state index < -0.39 is 23.4 Å². The Bertz CT molecular complexity index is 1040. The molecule has 2 amide bonds. The Morgan fingerprint density at radius 1 is 0.667 bits per heavy atom. The molecule has 3 aromatic rings. The molecule has 0 unspecified atom stereocenters. The summed E-state index contributed by atoms with van der Waals surface area (Å²) in [6.45, 7) is 0. The third kappa shape index (κ3) is 5.41. The van der Waals surface area contributed by atoms with E-state index >= 15 is 0 Å². The quantitative estimate of drug-likeness (QED) is 0.485. The number of hydrogen-bond acceptors (Lipinski definition) is 4. The van der Waals surface area contributed by atoms with Gasteiger partial charge in [-0.25, -0.2) is 19.6 Å². The van der Waals surface area contributed by atoms with Crippen LogP contribution in [0.15, 0.2) is 83.0 Å². The number of nitrogens with one attached hydrogen (secondary N) is 2. The van der Waals surface area contributed by atoms with Gasteiger partial charge in [0.1, 0.15) is 11.6 Å². The highest BCUT2D eigenvalue weighted by Crippen LogP contribution is 2.07. The van der Waals surface area contributed by atoms with Crippen molar-refractivity contribution in [2.75, 3.05) is 0 Å². The molecule has 0 saturated carbocycles. The van der Waals surface area contributed by atoms with Gasteiger partial charge in [0.25, 0.3) is 11.8 Å². The minimum absolute atomic E-state index is 0.110. The molecule has 0 saturated heterocycles. The van der Waals surface area contributed by atoms with Gasteiger partial charge in [0.2, 0.25) is 0 Å². The number of carbonyl (C=O) groups is 2. The molecule has 150 valence electrons. The first kappa shape index (κ1) is 20.5. The summed E-state index contributed by atoms with van der Waals surface area (Å²) in [5, 5.41) is 7.62. The third-order valence-corrected chi connectivity index (χ3v) is 3.91. The summed E-state index contributed by atoms with van der Waals surface area (Å²) in [5.41, 5.74) is 5.55. The summed E-state index contributed by atoms with van der Waals surface area (Å²) in [6, 6.07) is 18.0. The van der Waals surface area contributed by atoms with Crippen molar-refractivity contribution >= 4 is 24.2 Å². The highest BCUT2D eigenvalue weighted by Gasteiger charge is 2.10. The van der Waals surface area contributed by atoms with E-state index in [0.717, 1.165) is 0 Å². The van der Waals surface area contributed by atoms with Crippen LogP contribution in [-0.4, -0.2) is 24.2 Å². The third-order valence-electron chi connectivity index (χ3n) is 3.91. The van der Waals surface area contributed by atoms with Crippen molar-refractivity contribution in [2.45, 2.75) is 0 Å². The van der Waals surface area contributed by atoms with Crippen LogP contribution < -0.4 is 10.9 Å². The second-order valence-electron chi connectivity index (χ2n) is 6.03. The fraction of sp³-hybridized carbons (Fsp3) is 0. The lowest BCUT2D eigenvalue weighted by Gasteiger charge is -2.02. The molecule has 30 heavy (non-hydrogen) atoms. The van der Waals surface area contributed by atoms with Crippen LogP contribution in [0.4, 0.5) is 8.78 Å². The van der Waals surface area contributed by atoms with Crippen LogP contribution in [0.5, 0.6) is 0 Å². The lowest BCUT2D eigenvalue weighted by molar-refractivity contribution is 0.0942. The zero-order valence-electron chi connectivity index (χ0n) is 15.5. The lowest BCUT2D eigenvalue weighted by Crippen LogP contribution is -2.19. The Labute approximate surface area is 170 Å². The van der Waals surface area contributed by atoms with Crippen LogP contribution in [0, 0.1) is 11.6 Å². The van der Waals surface area contributed by atoms with Gasteiger partial charge in [-0.2, -0.15) is 10.2 Å². The summed E-state index contributed by atoms with van der Waals surface area (Å²) in [5.74, 6) is -2.61. The van der Waals surface area contributed by atoms with Gasteiger partial charge in [-0.3, -0.25) is 9.59 Å². The van der Waals surface area contributed by atoms with Gasteiger partial charge >= 0.3 is 0 Å². The average molecular weight is 406 g/mol. The van der Waals surface area contributed by atoms with Crippen molar-refractivity contribution < 1.29 is 18.4 Å². The largest absolute Gasteiger partial charge is 0.274 e. The normalized spacial score (nSPS) is 11.0. The highest BCUT2D eigenvalue weighted by molar-refractivity contribution is 5.96. The van der Waals surface area contributed by atoms with Gasteiger partial charge in [0.15, 0.2) is 0 Å². The predicted molar refractivity (Wildman–Crippen MR) is 109 cm³/mol. The fourth-order valence-corrected chi connectivity index (χ4v) is 2.46. The van der Waals surface area contributed by atoms with Gasteiger partial charge in [-0.1, -0.05) is 42.5 Å². The monoisotopic (exact) mass is 406 g/mol. The molecule has 0 aliphatic heterocycles. The van der Waals surface area contributed by atoms with Gasteiger partial charge in [-0.05, 0) is 41.5 Å². The number of carbonyl (C=O) groups excluding carboxylic acids is 2. The molecule has 3 rings (SSSR count). The highest BCUT2D eigenvalue weighted by atomic mass is 19.1. The van der Waals surface area contributed by atoms with E-state index in [1.54, 1.807) is 36.4 Å². The zero-order valence-corrected chi connectivity index (χ0v) is 15.5. The van der Waals surface area contributed by atoms with Crippen LogP contribution in [0.3, 0.4) is 0 Å². The molecular weight excluding hydrogens is 390 g/mol. The van der Waals surface area contributed by atoms with Crippen molar-refractivity contribution in [2.24, 2.45) is 10.2 Å². The van der Waals surface area contributed by atoms with Crippen LogP contribution >= 0.6 is 0 Å². The van der Waals surface area contributed by atoms with Crippen molar-refractivity contribution in [3.63, 3.8) is 0 Å². The van der Waals surface area contributed by atoms with Crippen molar-refractivity contribution in [1.29, 1.82) is 0 Å². The maximum atomic E-state index is 13.6. The lowest BCUT2D eigenvalue weighted by atomic mass is 10.1. The molecule has 6 nitrogen and oxygen atoms in total. The summed E-state index contributed by atoms with van der Waals surface area (Å²) < 4.78 is 27.1. The molecule has 2 N–H and O–H groups in total. The molecule has 0 atom stereocenters. The summed E-state index contributed by atoms with van der Waals surface area (Å²) in [4.78, 5) is 23.8. The molecule has 0 spiro atoms. The van der Waals surface area contributed by atoms with E-state index in [9.17, 15) is 18.4 Å². The number of benzene rings is 3. The maximum Gasteiger partial charge on any atom is 0.274 e. The van der Waals surface area contributed by atoms with Crippen LogP contribution in [0.25, 0.3) is 0 Å². The molecule has 0 aromatic heterocycles. The van der Waals surface area contributed by atoms with Gasteiger partial charge in [0.05, 0.1) is 23.6 Å². The number of hydrogen-bond donors (Lipinski definition) is 2. The molecule has 0 aliphatic rings. The second-order valence-corrected chi connectivity index (χ2v) is 6.03. The fourth-order valence-electron chi connectivity index (χ4n) is 2.46. The Morgan fingerprint density at radius 2 is 1.10 bits per heavy atom. The van der Waals surface area contributed by atoms with E-state index in [4.69, 9.17) is 0 Å². The van der Waals surface area contributed by atoms with E-state index in [0.29, 0.717) is 11.1 Å². The Morgan fingerprint density at radius 3 is 1.53 bits per heavy atom. The molecule has 0 aliphatic carbocycles. The first-order valence-electron chi connectivity index (χ1n) is 8.80. The Kier molecular flexibility index (Phi) is 6.73. The van der Waals surface area contributed by atoms with Crippen LogP contribution in [0.2, 0.25) is 0 Å². The molecule has 0 fully saturated rings. The molecule has 0 bridgehead atoms. The Balaban J connectivity index is 1.59. The van der Waals surface area contributed by atoms with Crippen molar-refractivity contribution in [3.8, 4) is 0 Å². The topological polar surface area (TPSA) is 82.9 Å². The molecule has 8 heteroatoms. The minimum atomic E-state index is -0.669. The van der Waals surface area contributed by atoms with E-state index in [2.05, 4.69) is 21.1 Å². The summed E-state index contributed by atoms with van der Waals surface area (Å²) >= 11 is 0. The standard InChI is InChI=1S/C22H16F2N4O2/c23-19-10-3-1-8-17(19)21(29)27-25-13-15-6-5-7-16(12-15)14-26-28-22(30)18-9-2-4-11-20(18)24/h1-14H,(H,27,29)(H,28,30)/b25-13-,26-14-. The number of nitrogens with zero attached hydrogens (tertiary/aromatic N) is 2. The number of amides is 2. The van der Waals surface area contributed by atoms with Crippen molar-refractivity contribution in [1.82, 2.24) is 10.9 Å². The van der Waals surface area contributed by atoms with Crippen LogP contribution in [0.1, 0.15) is 31.8 Å². The molecular formula is C22H16F2N4O2. The predicted octanol–water partition coefficient (Wildman–Crippen LogP) is 3.49. The van der Waals surface area contributed by atoms with Gasteiger partial charge < -0.3 is 0 Å². The average Bonchev–Trinajstić information content (AvgIpc) is 2.74. The number of rotatable bonds is 6.